The smallest absolute Gasteiger partial charge is 0.436 e. The molecule has 36 heavy (non-hydrogen) atoms. The molecule has 0 amide bonds. The van der Waals surface area contributed by atoms with Gasteiger partial charge in [-0.3, -0.25) is 0 Å². The first kappa shape index (κ1) is 24.1. The molecule has 1 aromatic heterocycles. The van der Waals surface area contributed by atoms with Gasteiger partial charge in [0.05, 0.1) is 6.20 Å². The summed E-state index contributed by atoms with van der Waals surface area (Å²) in [5, 5.41) is 12.3. The van der Waals surface area contributed by atoms with Gasteiger partial charge in [0.2, 0.25) is 5.89 Å². The number of oxazole rings is 1. The normalized spacial score (nSPS) is 17.3. The Morgan fingerprint density at radius 1 is 0.917 bits per heavy atom. The van der Waals surface area contributed by atoms with E-state index in [0.717, 1.165) is 11.1 Å². The quantitative estimate of drug-likeness (QED) is 0.351. The third-order valence-electron chi connectivity index (χ3n) is 6.71. The Kier molecular flexibility index (Phi) is 5.89. The van der Waals surface area contributed by atoms with Crippen LogP contribution in [0.15, 0.2) is 89.5 Å². The molecule has 0 radical (unpaired) electrons. The Hall–Kier alpha value is -3.62. The molecule has 1 N–H and O–H groups in total. The van der Waals surface area contributed by atoms with Gasteiger partial charge in [0, 0.05) is 29.6 Å². The van der Waals surface area contributed by atoms with Gasteiger partial charge >= 0.3 is 6.36 Å². The number of alkyl halides is 3. The molecule has 186 valence electrons. The fourth-order valence-electron chi connectivity index (χ4n) is 5.15. The van der Waals surface area contributed by atoms with Crippen molar-refractivity contribution in [2.45, 2.75) is 18.9 Å². The second kappa shape index (κ2) is 8.80. The standard InChI is InChI=1S/C28H25F3N2O3/c1-26(17-33(2)18-26)27(34,21-11-13-23(14-12-21)36-28(29,30)31)22-10-6-9-20(15-22)24-16-32-25(35-24)19-7-4-3-5-8-19/h3-16,34H,17-18H2,1-2H3/t27-/m1/s1. The number of hydrogen-bond acceptors (Lipinski definition) is 5. The van der Waals surface area contributed by atoms with E-state index in [1.807, 2.05) is 68.6 Å². The van der Waals surface area contributed by atoms with Gasteiger partial charge in [-0.1, -0.05) is 55.5 Å². The molecule has 1 saturated heterocycles. The SMILES string of the molecule is CN1CC(C)([C@@](O)(c2ccc(OC(F)(F)F)cc2)c2cccc(-c3cnc(-c4ccccc4)o3)c2)C1. The average molecular weight is 495 g/mol. The van der Waals surface area contributed by atoms with Crippen molar-refractivity contribution in [2.24, 2.45) is 5.41 Å². The summed E-state index contributed by atoms with van der Waals surface area (Å²) >= 11 is 0. The minimum Gasteiger partial charge on any atom is -0.436 e. The van der Waals surface area contributed by atoms with Crippen LogP contribution >= 0.6 is 0 Å². The molecular weight excluding hydrogens is 469 g/mol. The van der Waals surface area contributed by atoms with Crippen LogP contribution in [0, 0.1) is 5.41 Å². The van der Waals surface area contributed by atoms with Gasteiger partial charge in [-0.05, 0) is 48.5 Å². The van der Waals surface area contributed by atoms with Crippen LogP contribution in [-0.2, 0) is 5.60 Å². The van der Waals surface area contributed by atoms with Crippen molar-refractivity contribution in [1.29, 1.82) is 0 Å². The summed E-state index contributed by atoms with van der Waals surface area (Å²) in [7, 11) is 1.96. The Morgan fingerprint density at radius 2 is 1.58 bits per heavy atom. The lowest BCUT2D eigenvalue weighted by molar-refractivity contribution is -0.274. The number of hydrogen-bond donors (Lipinski definition) is 1. The first-order valence-corrected chi connectivity index (χ1v) is 11.5. The van der Waals surface area contributed by atoms with Crippen LogP contribution in [0.1, 0.15) is 18.1 Å². The number of nitrogens with zero attached hydrogens (tertiary/aromatic N) is 2. The number of likely N-dealkylation sites (tertiary alicyclic amines) is 1. The highest BCUT2D eigenvalue weighted by Gasteiger charge is 2.55. The van der Waals surface area contributed by atoms with Crippen LogP contribution in [0.4, 0.5) is 13.2 Å². The maximum atomic E-state index is 12.7. The van der Waals surface area contributed by atoms with Crippen molar-refractivity contribution < 1.29 is 27.4 Å². The molecule has 0 spiro atoms. The van der Waals surface area contributed by atoms with E-state index in [-0.39, 0.29) is 5.75 Å². The van der Waals surface area contributed by atoms with Crippen molar-refractivity contribution in [3.05, 3.63) is 96.2 Å². The lowest BCUT2D eigenvalue weighted by Crippen LogP contribution is -2.63. The lowest BCUT2D eigenvalue weighted by atomic mass is 9.62. The number of ether oxygens (including phenoxy) is 1. The maximum absolute atomic E-state index is 12.7. The molecule has 0 saturated carbocycles. The molecule has 1 aliphatic rings. The second-order valence-corrected chi connectivity index (χ2v) is 9.49. The number of aromatic nitrogens is 1. The van der Waals surface area contributed by atoms with E-state index in [9.17, 15) is 18.3 Å². The third kappa shape index (κ3) is 4.38. The van der Waals surface area contributed by atoms with E-state index >= 15 is 0 Å². The maximum Gasteiger partial charge on any atom is 0.573 e. The summed E-state index contributed by atoms with van der Waals surface area (Å²) in [5.41, 5.74) is 0.611. The minimum atomic E-state index is -4.79. The summed E-state index contributed by atoms with van der Waals surface area (Å²) in [5.74, 6) is 0.690. The first-order chi connectivity index (χ1) is 17.1. The molecule has 0 bridgehead atoms. The zero-order chi connectivity index (χ0) is 25.6. The van der Waals surface area contributed by atoms with Crippen LogP contribution in [0.2, 0.25) is 0 Å². The van der Waals surface area contributed by atoms with Crippen LogP contribution in [0.5, 0.6) is 5.75 Å². The predicted molar refractivity (Wildman–Crippen MR) is 129 cm³/mol. The van der Waals surface area contributed by atoms with Crippen molar-refractivity contribution in [3.63, 3.8) is 0 Å². The molecule has 1 fully saturated rings. The number of aliphatic hydroxyl groups is 1. The largest absolute Gasteiger partial charge is 0.573 e. The van der Waals surface area contributed by atoms with Gasteiger partial charge in [0.1, 0.15) is 11.4 Å². The first-order valence-electron chi connectivity index (χ1n) is 11.5. The van der Waals surface area contributed by atoms with Gasteiger partial charge in [-0.25, -0.2) is 4.98 Å². The Labute approximate surface area is 206 Å². The van der Waals surface area contributed by atoms with Gasteiger partial charge in [-0.2, -0.15) is 0 Å². The summed E-state index contributed by atoms with van der Waals surface area (Å²) in [6.45, 7) is 3.19. The molecule has 4 aromatic rings. The summed E-state index contributed by atoms with van der Waals surface area (Å²) in [6.07, 6.45) is -3.15. The number of benzene rings is 3. The van der Waals surface area contributed by atoms with E-state index in [1.165, 1.54) is 24.3 Å². The van der Waals surface area contributed by atoms with E-state index in [4.69, 9.17) is 4.42 Å². The van der Waals surface area contributed by atoms with Crippen molar-refractivity contribution >= 4 is 0 Å². The molecule has 3 aromatic carbocycles. The number of rotatable bonds is 6. The third-order valence-corrected chi connectivity index (χ3v) is 6.71. The fraction of sp³-hybridized carbons (Fsp3) is 0.250. The molecular formula is C28H25F3N2O3. The van der Waals surface area contributed by atoms with E-state index in [0.29, 0.717) is 35.9 Å². The fourth-order valence-corrected chi connectivity index (χ4v) is 5.15. The highest BCUT2D eigenvalue weighted by atomic mass is 19.4. The molecule has 0 aliphatic carbocycles. The topological polar surface area (TPSA) is 58.7 Å². The molecule has 1 aliphatic heterocycles. The molecule has 1 atom stereocenters. The van der Waals surface area contributed by atoms with Crippen LogP contribution in [0.25, 0.3) is 22.8 Å². The zero-order valence-corrected chi connectivity index (χ0v) is 19.8. The van der Waals surface area contributed by atoms with E-state index < -0.39 is 17.4 Å². The van der Waals surface area contributed by atoms with E-state index in [1.54, 1.807) is 6.20 Å². The molecule has 8 heteroatoms. The number of halogens is 3. The van der Waals surface area contributed by atoms with Crippen molar-refractivity contribution in [1.82, 2.24) is 9.88 Å². The molecule has 2 heterocycles. The second-order valence-electron chi connectivity index (χ2n) is 9.49. The highest BCUT2D eigenvalue weighted by molar-refractivity contribution is 5.62. The van der Waals surface area contributed by atoms with Crippen molar-refractivity contribution in [3.8, 4) is 28.5 Å². The molecule has 5 rings (SSSR count). The van der Waals surface area contributed by atoms with Crippen LogP contribution in [-0.4, -0.2) is 41.5 Å². The minimum absolute atomic E-state index is 0.340. The predicted octanol–water partition coefficient (Wildman–Crippen LogP) is 6.09. The summed E-state index contributed by atoms with van der Waals surface area (Å²) in [4.78, 5) is 6.48. The summed E-state index contributed by atoms with van der Waals surface area (Å²) in [6, 6.07) is 22.3. The monoisotopic (exact) mass is 494 g/mol. The Balaban J connectivity index is 1.54. The zero-order valence-electron chi connectivity index (χ0n) is 19.8. The van der Waals surface area contributed by atoms with Gasteiger partial charge in [0.25, 0.3) is 0 Å². The summed E-state index contributed by atoms with van der Waals surface area (Å²) < 4.78 is 48.0. The van der Waals surface area contributed by atoms with Crippen molar-refractivity contribution in [2.75, 3.05) is 20.1 Å². The highest BCUT2D eigenvalue weighted by Crippen LogP contribution is 2.50. The molecule has 5 nitrogen and oxygen atoms in total. The van der Waals surface area contributed by atoms with Crippen LogP contribution in [0.3, 0.4) is 0 Å². The van der Waals surface area contributed by atoms with Gasteiger partial charge in [-0.15, -0.1) is 13.2 Å². The average Bonchev–Trinajstić information content (AvgIpc) is 3.33. The van der Waals surface area contributed by atoms with Gasteiger partial charge in [0.15, 0.2) is 5.76 Å². The van der Waals surface area contributed by atoms with Gasteiger partial charge < -0.3 is 19.2 Å². The Morgan fingerprint density at radius 3 is 2.22 bits per heavy atom. The molecule has 0 unspecified atom stereocenters. The lowest BCUT2D eigenvalue weighted by Gasteiger charge is -2.56. The van der Waals surface area contributed by atoms with E-state index in [2.05, 4.69) is 14.6 Å². The Bertz CT molecular complexity index is 1350. The van der Waals surface area contributed by atoms with Crippen LogP contribution < -0.4 is 4.74 Å².